The van der Waals surface area contributed by atoms with Gasteiger partial charge in [0, 0.05) is 7.11 Å². The predicted molar refractivity (Wildman–Crippen MR) is 40.8 cm³/mol. The Morgan fingerprint density at radius 1 is 1.46 bits per heavy atom. The molecule has 1 heterocycles. The van der Waals surface area contributed by atoms with Gasteiger partial charge in [0.15, 0.2) is 0 Å². The summed E-state index contributed by atoms with van der Waals surface area (Å²) in [6.07, 6.45) is -4.00. The van der Waals surface area contributed by atoms with Crippen LogP contribution in [-0.4, -0.2) is 64.8 Å². The number of aliphatic hydroxyl groups excluding tert-OH is 4. The molecule has 0 aromatic carbocycles. The normalized spacial score (nSPS) is 46.4. The van der Waals surface area contributed by atoms with Crippen molar-refractivity contribution in [2.75, 3.05) is 20.3 Å². The first-order valence-corrected chi connectivity index (χ1v) is 3.91. The number of hydrogen-bond donors (Lipinski definition) is 4. The lowest BCUT2D eigenvalue weighted by atomic mass is 9.97. The Bertz CT molecular complexity index is 168. The summed E-state index contributed by atoms with van der Waals surface area (Å²) in [6, 6.07) is 0. The van der Waals surface area contributed by atoms with E-state index in [0.29, 0.717) is 0 Å². The molecule has 0 spiro atoms. The molecule has 6 heteroatoms. The van der Waals surface area contributed by atoms with Gasteiger partial charge in [0.2, 0.25) is 5.79 Å². The second-order valence-corrected chi connectivity index (χ2v) is 2.99. The second-order valence-electron chi connectivity index (χ2n) is 2.99. The first-order chi connectivity index (χ1) is 6.07. The largest absolute Gasteiger partial charge is 0.391 e. The van der Waals surface area contributed by atoms with Crippen LogP contribution < -0.4 is 0 Å². The molecule has 0 radical (unpaired) electrons. The zero-order valence-electron chi connectivity index (χ0n) is 7.25. The fraction of sp³-hybridized carbons (Fsp3) is 1.00. The van der Waals surface area contributed by atoms with Crippen LogP contribution in [0.15, 0.2) is 0 Å². The molecule has 78 valence electrons. The highest BCUT2D eigenvalue weighted by atomic mass is 16.7. The maximum atomic E-state index is 9.44. The van der Waals surface area contributed by atoms with Gasteiger partial charge in [-0.05, 0) is 0 Å². The summed E-state index contributed by atoms with van der Waals surface area (Å²) in [5, 5.41) is 36.7. The van der Waals surface area contributed by atoms with Gasteiger partial charge in [-0.25, -0.2) is 0 Å². The van der Waals surface area contributed by atoms with Crippen molar-refractivity contribution >= 4 is 0 Å². The van der Waals surface area contributed by atoms with Gasteiger partial charge in [-0.2, -0.15) is 0 Å². The third-order valence-electron chi connectivity index (χ3n) is 2.23. The van der Waals surface area contributed by atoms with Gasteiger partial charge in [-0.15, -0.1) is 0 Å². The van der Waals surface area contributed by atoms with Crippen LogP contribution in [0.5, 0.6) is 0 Å². The van der Waals surface area contributed by atoms with E-state index in [0.717, 1.165) is 0 Å². The van der Waals surface area contributed by atoms with E-state index in [1.54, 1.807) is 0 Å². The van der Waals surface area contributed by atoms with Gasteiger partial charge in [0.1, 0.15) is 24.9 Å². The molecule has 0 saturated carbocycles. The molecule has 4 atom stereocenters. The van der Waals surface area contributed by atoms with Crippen LogP contribution in [0.25, 0.3) is 0 Å². The van der Waals surface area contributed by atoms with Gasteiger partial charge in [-0.1, -0.05) is 0 Å². The van der Waals surface area contributed by atoms with Gasteiger partial charge in [0.05, 0.1) is 6.61 Å². The lowest BCUT2D eigenvalue weighted by Crippen LogP contribution is -2.63. The molecular formula is C7H14O6. The molecule has 0 amide bonds. The SMILES string of the molecule is CO[C@@]1(CO)OC[C@@H](O)[C@H](O)[C@H]1O. The Morgan fingerprint density at radius 2 is 2.08 bits per heavy atom. The van der Waals surface area contributed by atoms with E-state index >= 15 is 0 Å². The first-order valence-electron chi connectivity index (χ1n) is 3.91. The number of ether oxygens (including phenoxy) is 2. The molecule has 6 nitrogen and oxygen atoms in total. The summed E-state index contributed by atoms with van der Waals surface area (Å²) in [6.45, 7) is -0.777. The summed E-state index contributed by atoms with van der Waals surface area (Å²) in [5.41, 5.74) is 0. The fourth-order valence-electron chi connectivity index (χ4n) is 1.26. The van der Waals surface area contributed by atoms with Crippen molar-refractivity contribution in [3.8, 4) is 0 Å². The molecule has 1 fully saturated rings. The van der Waals surface area contributed by atoms with E-state index in [2.05, 4.69) is 0 Å². The van der Waals surface area contributed by atoms with E-state index in [1.165, 1.54) is 7.11 Å². The van der Waals surface area contributed by atoms with E-state index in [4.69, 9.17) is 19.7 Å². The average Bonchev–Trinajstić information content (AvgIpc) is 2.16. The highest BCUT2D eigenvalue weighted by Crippen LogP contribution is 2.26. The number of methoxy groups -OCH3 is 1. The maximum Gasteiger partial charge on any atom is 0.220 e. The molecule has 1 rings (SSSR count). The average molecular weight is 194 g/mol. The summed E-state index contributed by atoms with van der Waals surface area (Å²) < 4.78 is 9.69. The monoisotopic (exact) mass is 194 g/mol. The highest BCUT2D eigenvalue weighted by Gasteiger charge is 2.49. The fourth-order valence-corrected chi connectivity index (χ4v) is 1.26. The van der Waals surface area contributed by atoms with Gasteiger partial charge < -0.3 is 29.9 Å². The molecule has 0 bridgehead atoms. The number of rotatable bonds is 2. The molecule has 1 aliphatic rings. The van der Waals surface area contributed by atoms with Crippen molar-refractivity contribution in [1.82, 2.24) is 0 Å². The third kappa shape index (κ3) is 1.69. The Balaban J connectivity index is 2.77. The minimum atomic E-state index is -1.63. The zero-order valence-corrected chi connectivity index (χ0v) is 7.25. The van der Waals surface area contributed by atoms with Crippen LogP contribution >= 0.6 is 0 Å². The molecule has 1 saturated heterocycles. The predicted octanol–water partition coefficient (Wildman–Crippen LogP) is -2.57. The summed E-state index contributed by atoms with van der Waals surface area (Å²) in [4.78, 5) is 0. The molecule has 0 aromatic heterocycles. The molecule has 0 unspecified atom stereocenters. The number of hydrogen-bond acceptors (Lipinski definition) is 6. The Hall–Kier alpha value is -0.240. The van der Waals surface area contributed by atoms with E-state index in [-0.39, 0.29) is 6.61 Å². The molecule has 4 N–H and O–H groups in total. The lowest BCUT2D eigenvalue weighted by molar-refractivity contribution is -0.340. The molecule has 13 heavy (non-hydrogen) atoms. The van der Waals surface area contributed by atoms with Crippen molar-refractivity contribution in [2.24, 2.45) is 0 Å². The van der Waals surface area contributed by atoms with Gasteiger partial charge >= 0.3 is 0 Å². The van der Waals surface area contributed by atoms with Gasteiger partial charge in [-0.3, -0.25) is 0 Å². The standard InChI is InChI=1S/C7H14O6/c1-12-7(3-8)6(11)5(10)4(9)2-13-7/h4-6,8-11H,2-3H2,1H3/t4-,5+,6-,7+/m1/s1. The minimum absolute atomic E-state index is 0.188. The summed E-state index contributed by atoms with van der Waals surface area (Å²) >= 11 is 0. The van der Waals surface area contributed by atoms with Crippen LogP contribution in [0.2, 0.25) is 0 Å². The number of aliphatic hydroxyl groups is 4. The lowest BCUT2D eigenvalue weighted by Gasteiger charge is -2.42. The molecular weight excluding hydrogens is 180 g/mol. The summed E-state index contributed by atoms with van der Waals surface area (Å²) in [5.74, 6) is -1.63. The molecule has 1 aliphatic heterocycles. The highest BCUT2D eigenvalue weighted by molar-refractivity contribution is 4.92. The van der Waals surface area contributed by atoms with Crippen molar-refractivity contribution < 1.29 is 29.9 Å². The van der Waals surface area contributed by atoms with E-state index < -0.39 is 30.7 Å². The van der Waals surface area contributed by atoms with E-state index in [9.17, 15) is 10.2 Å². The summed E-state index contributed by atoms with van der Waals surface area (Å²) in [7, 11) is 1.24. The minimum Gasteiger partial charge on any atom is -0.391 e. The van der Waals surface area contributed by atoms with E-state index in [1.807, 2.05) is 0 Å². The Kier molecular flexibility index (Phi) is 3.23. The molecule has 0 aliphatic carbocycles. The molecule has 0 aromatic rings. The van der Waals surface area contributed by atoms with Gasteiger partial charge in [0.25, 0.3) is 0 Å². The van der Waals surface area contributed by atoms with Crippen molar-refractivity contribution in [3.63, 3.8) is 0 Å². The Morgan fingerprint density at radius 3 is 2.54 bits per heavy atom. The van der Waals surface area contributed by atoms with Crippen molar-refractivity contribution in [1.29, 1.82) is 0 Å². The van der Waals surface area contributed by atoms with Crippen LogP contribution in [0, 0.1) is 0 Å². The van der Waals surface area contributed by atoms with Crippen LogP contribution in [0.1, 0.15) is 0 Å². The van der Waals surface area contributed by atoms with Crippen LogP contribution in [-0.2, 0) is 9.47 Å². The van der Waals surface area contributed by atoms with Crippen molar-refractivity contribution in [3.05, 3.63) is 0 Å². The second kappa shape index (κ2) is 3.87. The first kappa shape index (κ1) is 10.8. The van der Waals surface area contributed by atoms with Crippen molar-refractivity contribution in [2.45, 2.75) is 24.1 Å². The zero-order chi connectivity index (χ0) is 10.1. The topological polar surface area (TPSA) is 99.4 Å². The van der Waals surface area contributed by atoms with Crippen LogP contribution in [0.3, 0.4) is 0 Å². The maximum absolute atomic E-state index is 9.44. The smallest absolute Gasteiger partial charge is 0.220 e. The third-order valence-corrected chi connectivity index (χ3v) is 2.23. The Labute approximate surface area is 75.3 Å². The van der Waals surface area contributed by atoms with Crippen LogP contribution in [0.4, 0.5) is 0 Å². The quantitative estimate of drug-likeness (QED) is 0.386.